The van der Waals surface area contributed by atoms with Crippen LogP contribution in [0.1, 0.15) is 34.5 Å². The van der Waals surface area contributed by atoms with E-state index in [1.54, 1.807) is 12.4 Å². The molecule has 6 nitrogen and oxygen atoms in total. The molecule has 2 aromatic heterocycles. The predicted octanol–water partition coefficient (Wildman–Crippen LogP) is 4.97. The maximum Gasteiger partial charge on any atom is 0.256 e. The highest BCUT2D eigenvalue weighted by Crippen LogP contribution is 2.28. The number of nitrogens with one attached hydrogen (secondary N) is 1. The first kappa shape index (κ1) is 23.7. The number of anilines is 1. The van der Waals surface area contributed by atoms with Crippen molar-refractivity contribution in [2.45, 2.75) is 25.7 Å². The zero-order valence-electron chi connectivity index (χ0n) is 20.4. The Labute approximate surface area is 212 Å². The Morgan fingerprint density at radius 1 is 0.889 bits per heavy atom. The van der Waals surface area contributed by atoms with Gasteiger partial charge < -0.3 is 10.2 Å². The molecule has 182 valence electrons. The van der Waals surface area contributed by atoms with Crippen molar-refractivity contribution in [3.8, 4) is 11.4 Å². The van der Waals surface area contributed by atoms with Crippen LogP contribution in [0, 0.1) is 5.92 Å². The molecular formula is C30H31N5O. The molecule has 1 N–H and O–H groups in total. The second-order valence-corrected chi connectivity index (χ2v) is 9.24. The molecule has 1 aliphatic rings. The number of nitrogens with zero attached hydrogens (tertiary/aromatic N) is 4. The molecule has 0 aliphatic carbocycles. The molecule has 0 saturated carbocycles. The third-order valence-electron chi connectivity index (χ3n) is 6.72. The zero-order valence-corrected chi connectivity index (χ0v) is 20.4. The van der Waals surface area contributed by atoms with E-state index in [4.69, 9.17) is 4.98 Å². The van der Waals surface area contributed by atoms with Crippen LogP contribution in [0.5, 0.6) is 0 Å². The molecule has 0 bridgehead atoms. The molecule has 1 amide bonds. The van der Waals surface area contributed by atoms with E-state index < -0.39 is 0 Å². The van der Waals surface area contributed by atoms with Crippen molar-refractivity contribution < 1.29 is 4.79 Å². The summed E-state index contributed by atoms with van der Waals surface area (Å²) in [6.45, 7) is 2.25. The van der Waals surface area contributed by atoms with Gasteiger partial charge in [-0.15, -0.1) is 0 Å². The summed E-state index contributed by atoms with van der Waals surface area (Å²) >= 11 is 0. The topological polar surface area (TPSA) is 71.0 Å². The van der Waals surface area contributed by atoms with Crippen LogP contribution in [-0.4, -0.2) is 40.5 Å². The number of hydrogen-bond acceptors (Lipinski definition) is 5. The number of aromatic nitrogens is 3. The van der Waals surface area contributed by atoms with E-state index in [0.29, 0.717) is 30.3 Å². The summed E-state index contributed by atoms with van der Waals surface area (Å²) in [5.41, 5.74) is 3.81. The Morgan fingerprint density at radius 3 is 2.33 bits per heavy atom. The lowest BCUT2D eigenvalue weighted by Gasteiger charge is -2.34. The minimum atomic E-state index is -0.146. The molecular weight excluding hydrogens is 446 g/mol. The summed E-state index contributed by atoms with van der Waals surface area (Å²) in [7, 11) is 0. The molecule has 1 aliphatic heterocycles. The first-order chi connectivity index (χ1) is 17.8. The van der Waals surface area contributed by atoms with E-state index in [-0.39, 0.29) is 5.91 Å². The van der Waals surface area contributed by atoms with Crippen molar-refractivity contribution in [1.29, 1.82) is 0 Å². The Hall–Kier alpha value is -4.06. The number of amides is 1. The molecule has 0 spiro atoms. The molecule has 0 radical (unpaired) electrons. The quantitative estimate of drug-likeness (QED) is 0.388. The van der Waals surface area contributed by atoms with Gasteiger partial charge in [0.05, 0.1) is 0 Å². The lowest BCUT2D eigenvalue weighted by molar-refractivity contribution is 0.0953. The minimum absolute atomic E-state index is 0.146. The normalized spacial score (nSPS) is 13.9. The van der Waals surface area contributed by atoms with Gasteiger partial charge in [0, 0.05) is 49.7 Å². The predicted molar refractivity (Wildman–Crippen MR) is 143 cm³/mol. The van der Waals surface area contributed by atoms with Gasteiger partial charge in [-0.05, 0) is 42.9 Å². The van der Waals surface area contributed by atoms with Crippen LogP contribution in [-0.2, 0) is 12.8 Å². The third-order valence-corrected chi connectivity index (χ3v) is 6.72. The Morgan fingerprint density at radius 2 is 1.61 bits per heavy atom. The van der Waals surface area contributed by atoms with Crippen LogP contribution >= 0.6 is 0 Å². The van der Waals surface area contributed by atoms with E-state index in [9.17, 15) is 4.79 Å². The van der Waals surface area contributed by atoms with Crippen LogP contribution < -0.4 is 10.2 Å². The number of piperidine rings is 1. The van der Waals surface area contributed by atoms with Gasteiger partial charge in [-0.25, -0.2) is 9.97 Å². The molecule has 6 heteroatoms. The highest BCUT2D eigenvalue weighted by Gasteiger charge is 2.25. The Bertz CT molecular complexity index is 1260. The number of benzene rings is 2. The van der Waals surface area contributed by atoms with Gasteiger partial charge in [0.2, 0.25) is 0 Å². The largest absolute Gasteiger partial charge is 0.356 e. The fraction of sp³-hybridized carbons (Fsp3) is 0.267. The lowest BCUT2D eigenvalue weighted by atomic mass is 9.90. The van der Waals surface area contributed by atoms with Crippen LogP contribution in [0.25, 0.3) is 11.4 Å². The molecule has 2 aromatic carbocycles. The molecule has 4 aromatic rings. The summed E-state index contributed by atoms with van der Waals surface area (Å²) < 4.78 is 0. The van der Waals surface area contributed by atoms with Crippen molar-refractivity contribution in [2.24, 2.45) is 5.92 Å². The SMILES string of the molecule is O=C(NCCc1ccccn1)c1cnc(-c2ccccc2)nc1N1CCC(Cc2ccccc2)CC1. The maximum atomic E-state index is 13.2. The van der Waals surface area contributed by atoms with E-state index >= 15 is 0 Å². The van der Waals surface area contributed by atoms with Gasteiger partial charge in [0.25, 0.3) is 5.91 Å². The van der Waals surface area contributed by atoms with Crippen LogP contribution in [0.2, 0.25) is 0 Å². The van der Waals surface area contributed by atoms with E-state index in [2.05, 4.69) is 50.5 Å². The molecule has 5 rings (SSSR count). The maximum absolute atomic E-state index is 13.2. The highest BCUT2D eigenvalue weighted by atomic mass is 16.1. The van der Waals surface area contributed by atoms with Crippen LogP contribution in [0.15, 0.2) is 91.3 Å². The summed E-state index contributed by atoms with van der Waals surface area (Å²) in [5.74, 6) is 1.85. The number of rotatable bonds is 8. The van der Waals surface area contributed by atoms with Crippen molar-refractivity contribution in [1.82, 2.24) is 20.3 Å². The molecule has 36 heavy (non-hydrogen) atoms. The number of pyridine rings is 1. The van der Waals surface area contributed by atoms with Gasteiger partial charge in [-0.2, -0.15) is 0 Å². The van der Waals surface area contributed by atoms with Crippen LogP contribution in [0.3, 0.4) is 0 Å². The van der Waals surface area contributed by atoms with Gasteiger partial charge >= 0.3 is 0 Å². The summed E-state index contributed by atoms with van der Waals surface area (Å²) in [6, 6.07) is 26.4. The molecule has 1 fully saturated rings. The fourth-order valence-electron chi connectivity index (χ4n) is 4.74. The number of carbonyl (C=O) groups is 1. The van der Waals surface area contributed by atoms with Crippen LogP contribution in [0.4, 0.5) is 5.82 Å². The van der Waals surface area contributed by atoms with Crippen molar-refractivity contribution in [2.75, 3.05) is 24.5 Å². The average Bonchev–Trinajstić information content (AvgIpc) is 2.95. The van der Waals surface area contributed by atoms with Crippen molar-refractivity contribution >= 4 is 11.7 Å². The molecule has 1 saturated heterocycles. The average molecular weight is 478 g/mol. The van der Waals surface area contributed by atoms with Gasteiger partial charge in [-0.1, -0.05) is 66.7 Å². The minimum Gasteiger partial charge on any atom is -0.356 e. The number of carbonyl (C=O) groups excluding carboxylic acids is 1. The summed E-state index contributed by atoms with van der Waals surface area (Å²) in [4.78, 5) is 29.3. The van der Waals surface area contributed by atoms with E-state index in [1.807, 2.05) is 48.5 Å². The number of hydrogen-bond donors (Lipinski definition) is 1. The monoisotopic (exact) mass is 477 g/mol. The van der Waals surface area contributed by atoms with Crippen molar-refractivity contribution in [3.63, 3.8) is 0 Å². The fourth-order valence-corrected chi connectivity index (χ4v) is 4.74. The highest BCUT2D eigenvalue weighted by molar-refractivity contribution is 5.99. The first-order valence-corrected chi connectivity index (χ1v) is 12.7. The van der Waals surface area contributed by atoms with Gasteiger partial charge in [0.15, 0.2) is 5.82 Å². The zero-order chi connectivity index (χ0) is 24.6. The molecule has 3 heterocycles. The summed E-state index contributed by atoms with van der Waals surface area (Å²) in [6.07, 6.45) is 7.36. The van der Waals surface area contributed by atoms with E-state index in [0.717, 1.165) is 49.4 Å². The third kappa shape index (κ3) is 5.95. The van der Waals surface area contributed by atoms with Crippen molar-refractivity contribution in [3.05, 3.63) is 108 Å². The first-order valence-electron chi connectivity index (χ1n) is 12.7. The van der Waals surface area contributed by atoms with Gasteiger partial charge in [0.1, 0.15) is 11.4 Å². The Balaban J connectivity index is 1.31. The summed E-state index contributed by atoms with van der Waals surface area (Å²) in [5, 5.41) is 3.04. The molecule has 0 unspecified atom stereocenters. The standard InChI is InChI=1S/C30H31N5O/c36-30(32-18-14-26-13-7-8-17-31-26)27-22-33-28(25-11-5-2-6-12-25)34-29(27)35-19-15-24(16-20-35)21-23-9-3-1-4-10-23/h1-13,17,22,24H,14-16,18-21H2,(H,32,36). The lowest BCUT2D eigenvalue weighted by Crippen LogP contribution is -2.37. The van der Waals surface area contributed by atoms with Gasteiger partial charge in [-0.3, -0.25) is 9.78 Å². The Kier molecular flexibility index (Phi) is 7.61. The van der Waals surface area contributed by atoms with E-state index in [1.165, 1.54) is 5.56 Å². The smallest absolute Gasteiger partial charge is 0.256 e. The molecule has 0 atom stereocenters. The second-order valence-electron chi connectivity index (χ2n) is 9.24. The second kappa shape index (κ2) is 11.6.